The summed E-state index contributed by atoms with van der Waals surface area (Å²) in [7, 11) is 0. The van der Waals surface area contributed by atoms with E-state index >= 15 is 0 Å². The summed E-state index contributed by atoms with van der Waals surface area (Å²) < 4.78 is 7.25. The molecule has 0 spiro atoms. The molecule has 1 aliphatic carbocycles. The van der Waals surface area contributed by atoms with Crippen molar-refractivity contribution in [1.29, 1.82) is 0 Å². The number of hydrogen-bond donors (Lipinski definition) is 0. The zero-order chi connectivity index (χ0) is 21.5. The molecule has 2 aliphatic heterocycles. The van der Waals surface area contributed by atoms with E-state index in [-0.39, 0.29) is 22.4 Å². The van der Waals surface area contributed by atoms with Gasteiger partial charge in [0.15, 0.2) is 0 Å². The van der Waals surface area contributed by atoms with Crippen molar-refractivity contribution in [1.82, 2.24) is 9.88 Å². The Morgan fingerprint density at radius 3 is 2.71 bits per heavy atom. The first-order valence-corrected chi connectivity index (χ1v) is 12.1. The van der Waals surface area contributed by atoms with Crippen LogP contribution in [0.1, 0.15) is 57.8 Å². The second-order valence-corrected chi connectivity index (χ2v) is 11.7. The van der Waals surface area contributed by atoms with E-state index in [1.54, 1.807) is 11.3 Å². The Labute approximate surface area is 186 Å². The predicted octanol–water partition coefficient (Wildman–Crippen LogP) is 5.93. The first-order valence-electron chi connectivity index (χ1n) is 11.2. The highest BCUT2D eigenvalue weighted by Gasteiger charge is 2.53. The molecular weight excluding hydrogens is 404 g/mol. The molecule has 2 fully saturated rings. The van der Waals surface area contributed by atoms with Crippen LogP contribution in [0.2, 0.25) is 0 Å². The molecule has 3 aliphatic rings. The number of nitrogens with zero attached hydrogens (tertiary/aromatic N) is 2. The van der Waals surface area contributed by atoms with Crippen molar-refractivity contribution in [3.05, 3.63) is 57.6 Å². The van der Waals surface area contributed by atoms with Crippen LogP contribution < -0.4 is 5.63 Å². The predicted molar refractivity (Wildman–Crippen MR) is 126 cm³/mol. The highest BCUT2D eigenvalue weighted by atomic mass is 32.1. The molecule has 1 aromatic carbocycles. The van der Waals surface area contributed by atoms with Gasteiger partial charge in [0.05, 0.1) is 15.8 Å². The molecule has 2 atom stereocenters. The molecule has 160 valence electrons. The molecule has 0 radical (unpaired) electrons. The summed E-state index contributed by atoms with van der Waals surface area (Å²) >= 11 is 1.56. The van der Waals surface area contributed by atoms with Gasteiger partial charge < -0.3 is 4.42 Å². The van der Waals surface area contributed by atoms with Crippen LogP contribution in [0, 0.1) is 10.8 Å². The van der Waals surface area contributed by atoms with Crippen LogP contribution >= 0.6 is 11.3 Å². The zero-order valence-corrected chi connectivity index (χ0v) is 19.4. The third-order valence-electron chi connectivity index (χ3n) is 7.84. The molecule has 2 aromatic heterocycles. The van der Waals surface area contributed by atoms with Crippen LogP contribution in [0.3, 0.4) is 0 Å². The fourth-order valence-corrected chi connectivity index (χ4v) is 6.87. The van der Waals surface area contributed by atoms with Gasteiger partial charge >= 0.3 is 5.63 Å². The molecule has 0 bridgehead atoms. The SMILES string of the molecule is CC1(C)CCN2CCC(C)(C)C3c4oc(=O)c(-c5nc6ccccc6s5)cc4C=C1C32. The Kier molecular flexibility index (Phi) is 4.01. The second-order valence-electron chi connectivity index (χ2n) is 10.7. The molecule has 2 unspecified atom stereocenters. The average Bonchev–Trinajstić information content (AvgIpc) is 3.15. The van der Waals surface area contributed by atoms with E-state index in [4.69, 9.17) is 9.40 Å². The van der Waals surface area contributed by atoms with Crippen LogP contribution in [-0.2, 0) is 0 Å². The van der Waals surface area contributed by atoms with Crippen molar-refractivity contribution in [3.8, 4) is 10.6 Å². The summed E-state index contributed by atoms with van der Waals surface area (Å²) in [5.74, 6) is 1.07. The van der Waals surface area contributed by atoms with Gasteiger partial charge in [-0.1, -0.05) is 45.9 Å². The first kappa shape index (κ1) is 19.4. The van der Waals surface area contributed by atoms with E-state index in [0.29, 0.717) is 11.6 Å². The molecule has 4 nitrogen and oxygen atoms in total. The maximum Gasteiger partial charge on any atom is 0.346 e. The fourth-order valence-electron chi connectivity index (χ4n) is 5.90. The van der Waals surface area contributed by atoms with E-state index in [2.05, 4.69) is 38.7 Å². The maximum absolute atomic E-state index is 13.2. The largest absolute Gasteiger partial charge is 0.426 e. The Balaban J connectivity index is 1.58. The average molecular weight is 433 g/mol. The first-order chi connectivity index (χ1) is 14.7. The summed E-state index contributed by atoms with van der Waals surface area (Å²) in [5, 5.41) is 0.741. The summed E-state index contributed by atoms with van der Waals surface area (Å²) in [5.41, 5.74) is 4.03. The molecular formula is C26H28N2O2S. The van der Waals surface area contributed by atoms with Gasteiger partial charge in [-0.05, 0) is 60.5 Å². The molecule has 6 rings (SSSR count). The minimum absolute atomic E-state index is 0.0795. The molecule has 31 heavy (non-hydrogen) atoms. The maximum atomic E-state index is 13.2. The summed E-state index contributed by atoms with van der Waals surface area (Å²) in [6.07, 6.45) is 4.60. The Morgan fingerprint density at radius 1 is 1.13 bits per heavy atom. The summed E-state index contributed by atoms with van der Waals surface area (Å²) in [4.78, 5) is 20.5. The standard InChI is InChI=1S/C26H28N2O2S/c1-25(2)9-11-28-12-10-26(3,4)20-21(28)17(25)14-15-13-16(24(29)30-22(15)20)23-27-18-7-5-6-8-19(18)31-23/h5-8,13-14,20-21H,9-12H2,1-4H3. The number of hydrogen-bond acceptors (Lipinski definition) is 5. The number of aromatic nitrogens is 1. The third-order valence-corrected chi connectivity index (χ3v) is 8.91. The van der Waals surface area contributed by atoms with Crippen LogP contribution in [0.15, 0.2) is 45.1 Å². The Hall–Kier alpha value is -2.24. The van der Waals surface area contributed by atoms with Crippen molar-refractivity contribution in [3.63, 3.8) is 0 Å². The number of thiazole rings is 1. The minimum atomic E-state index is -0.266. The van der Waals surface area contributed by atoms with Crippen molar-refractivity contribution in [2.24, 2.45) is 10.8 Å². The molecule has 0 amide bonds. The normalized spacial score (nSPS) is 26.3. The lowest BCUT2D eigenvalue weighted by molar-refractivity contribution is 0.0118. The van der Waals surface area contributed by atoms with Crippen LogP contribution in [0.25, 0.3) is 26.9 Å². The van der Waals surface area contributed by atoms with Gasteiger partial charge in [0.1, 0.15) is 10.8 Å². The van der Waals surface area contributed by atoms with Gasteiger partial charge in [0, 0.05) is 17.5 Å². The van der Waals surface area contributed by atoms with Crippen LogP contribution in [0.5, 0.6) is 0 Å². The van der Waals surface area contributed by atoms with Crippen molar-refractivity contribution >= 4 is 27.6 Å². The highest BCUT2D eigenvalue weighted by Crippen LogP contribution is 2.57. The van der Waals surface area contributed by atoms with Gasteiger partial charge in [-0.3, -0.25) is 4.90 Å². The minimum Gasteiger partial charge on any atom is -0.426 e. The third kappa shape index (κ3) is 2.82. The van der Waals surface area contributed by atoms with E-state index < -0.39 is 0 Å². The zero-order valence-electron chi connectivity index (χ0n) is 18.6. The molecule has 4 heterocycles. The van der Waals surface area contributed by atoms with Crippen molar-refractivity contribution < 1.29 is 4.42 Å². The van der Waals surface area contributed by atoms with Gasteiger partial charge in [-0.25, -0.2) is 9.78 Å². The van der Waals surface area contributed by atoms with Gasteiger partial charge in [-0.15, -0.1) is 11.3 Å². The molecule has 0 N–H and O–H groups in total. The van der Waals surface area contributed by atoms with Gasteiger partial charge in [0.2, 0.25) is 0 Å². The lowest BCUT2D eigenvalue weighted by Gasteiger charge is -2.57. The fraction of sp³-hybridized carbons (Fsp3) is 0.462. The quantitative estimate of drug-likeness (QED) is 0.478. The van der Waals surface area contributed by atoms with Gasteiger partial charge in [0.25, 0.3) is 0 Å². The lowest BCUT2D eigenvalue weighted by Crippen LogP contribution is -2.58. The lowest BCUT2D eigenvalue weighted by atomic mass is 9.58. The van der Waals surface area contributed by atoms with E-state index in [1.165, 1.54) is 12.0 Å². The van der Waals surface area contributed by atoms with Gasteiger partial charge in [-0.2, -0.15) is 0 Å². The topological polar surface area (TPSA) is 46.3 Å². The highest BCUT2D eigenvalue weighted by molar-refractivity contribution is 7.21. The molecule has 5 heteroatoms. The molecule has 2 saturated heterocycles. The number of benzene rings is 1. The number of para-hydroxylation sites is 1. The number of piperidine rings is 2. The molecule has 0 saturated carbocycles. The second kappa shape index (κ2) is 6.39. The van der Waals surface area contributed by atoms with Crippen molar-refractivity contribution in [2.75, 3.05) is 13.1 Å². The van der Waals surface area contributed by atoms with E-state index in [9.17, 15) is 4.79 Å². The van der Waals surface area contributed by atoms with E-state index in [1.807, 2.05) is 30.3 Å². The van der Waals surface area contributed by atoms with Crippen LogP contribution in [-0.4, -0.2) is 29.0 Å². The van der Waals surface area contributed by atoms with Crippen molar-refractivity contribution in [2.45, 2.75) is 52.5 Å². The smallest absolute Gasteiger partial charge is 0.346 e. The number of fused-ring (bicyclic) bond motifs is 3. The Bertz CT molecular complexity index is 1260. The molecule has 3 aromatic rings. The number of rotatable bonds is 1. The monoisotopic (exact) mass is 432 g/mol. The summed E-state index contributed by atoms with van der Waals surface area (Å²) in [6.45, 7) is 11.6. The summed E-state index contributed by atoms with van der Waals surface area (Å²) in [6, 6.07) is 10.4. The van der Waals surface area contributed by atoms with Crippen LogP contribution in [0.4, 0.5) is 0 Å². The Morgan fingerprint density at radius 2 is 1.90 bits per heavy atom. The van der Waals surface area contributed by atoms with E-state index in [0.717, 1.165) is 46.1 Å².